The van der Waals surface area contributed by atoms with Crippen molar-refractivity contribution in [2.45, 2.75) is 26.7 Å². The third-order valence-corrected chi connectivity index (χ3v) is 2.60. The van der Waals surface area contributed by atoms with E-state index in [9.17, 15) is 4.79 Å². The van der Waals surface area contributed by atoms with E-state index in [1.807, 2.05) is 13.8 Å². The highest BCUT2D eigenvalue weighted by molar-refractivity contribution is 6.01. The van der Waals surface area contributed by atoms with Crippen LogP contribution in [0.15, 0.2) is 28.9 Å². The van der Waals surface area contributed by atoms with Crippen molar-refractivity contribution in [2.75, 3.05) is 0 Å². The Morgan fingerprint density at radius 1 is 1.73 bits per heavy atom. The first kappa shape index (κ1) is 11.5. The molecule has 0 aromatic carbocycles. The highest BCUT2D eigenvalue weighted by Gasteiger charge is 2.18. The van der Waals surface area contributed by atoms with Gasteiger partial charge in [-0.15, -0.1) is 0 Å². The molecule has 0 aromatic rings. The topological polar surface area (TPSA) is 67.5 Å². The van der Waals surface area contributed by atoms with E-state index < -0.39 is 6.03 Å². The summed E-state index contributed by atoms with van der Waals surface area (Å²) in [6, 6.07) is -0.632. The summed E-state index contributed by atoms with van der Waals surface area (Å²) >= 11 is 0. The lowest BCUT2D eigenvalue weighted by Crippen LogP contribution is -2.27. The number of amides is 2. The van der Waals surface area contributed by atoms with Crippen LogP contribution in [-0.4, -0.2) is 11.7 Å². The van der Waals surface area contributed by atoms with Crippen LogP contribution in [0.4, 0.5) is 4.79 Å². The van der Waals surface area contributed by atoms with Gasteiger partial charge >= 0.3 is 6.03 Å². The molecule has 82 valence electrons. The predicted octanol–water partition coefficient (Wildman–Crippen LogP) is 1.94. The summed E-state index contributed by atoms with van der Waals surface area (Å²) in [6.45, 7) is 7.93. The molecule has 1 aliphatic rings. The van der Waals surface area contributed by atoms with Crippen LogP contribution >= 0.6 is 0 Å². The van der Waals surface area contributed by atoms with Crippen LogP contribution in [0.5, 0.6) is 0 Å². The molecule has 0 unspecified atom stereocenters. The molecule has 0 spiro atoms. The highest BCUT2D eigenvalue weighted by Crippen LogP contribution is 2.26. The maximum absolute atomic E-state index is 10.5. The molecule has 0 radical (unpaired) electrons. The van der Waals surface area contributed by atoms with Crippen LogP contribution in [0, 0.1) is 5.92 Å². The number of allylic oxidation sites excluding steroid dienone is 3. The van der Waals surface area contributed by atoms with Gasteiger partial charge in [0.1, 0.15) is 0 Å². The molecule has 4 nitrogen and oxygen atoms in total. The molecule has 0 aliphatic heterocycles. The molecule has 0 bridgehead atoms. The number of carbonyl (C=O) groups excluding carboxylic acids is 1. The largest absolute Gasteiger partial charge is 0.350 e. The summed E-state index contributed by atoms with van der Waals surface area (Å²) in [7, 11) is 0. The molecule has 0 saturated carbocycles. The minimum Gasteiger partial charge on any atom is -0.350 e. The molecule has 1 atom stereocenters. The first-order valence-corrected chi connectivity index (χ1v) is 4.95. The molecule has 0 heterocycles. The predicted molar refractivity (Wildman–Crippen MR) is 61.4 cm³/mol. The SMILES string of the molecule is C=C(C)[C@@H]1CC=C(C)/C(=N\NC(N)=O)C1. The first-order chi connectivity index (χ1) is 7.00. The zero-order chi connectivity index (χ0) is 11.4. The smallest absolute Gasteiger partial charge is 0.332 e. The third kappa shape index (κ3) is 3.23. The van der Waals surface area contributed by atoms with E-state index in [0.717, 1.165) is 29.7 Å². The molecule has 3 N–H and O–H groups in total. The highest BCUT2D eigenvalue weighted by atomic mass is 16.2. The number of nitrogens with two attached hydrogens (primary N) is 1. The van der Waals surface area contributed by atoms with Crippen molar-refractivity contribution in [1.29, 1.82) is 0 Å². The van der Waals surface area contributed by atoms with E-state index in [1.165, 1.54) is 0 Å². The maximum atomic E-state index is 10.5. The summed E-state index contributed by atoms with van der Waals surface area (Å²) in [5.41, 5.74) is 10.3. The normalized spacial score (nSPS) is 23.5. The standard InChI is InChI=1S/C11H17N3O/c1-7(2)9-5-4-8(3)10(6-9)13-14-11(12)15/h4,9H,1,5-6H2,2-3H3,(H3,12,14,15)/b13-10-/t9-/m1/s1. The van der Waals surface area contributed by atoms with Gasteiger partial charge in [0.2, 0.25) is 0 Å². The number of nitrogens with zero attached hydrogens (tertiary/aromatic N) is 1. The fraction of sp³-hybridized carbons (Fsp3) is 0.455. The van der Waals surface area contributed by atoms with E-state index in [1.54, 1.807) is 0 Å². The second-order valence-electron chi connectivity index (χ2n) is 3.90. The van der Waals surface area contributed by atoms with Crippen molar-refractivity contribution >= 4 is 11.7 Å². The Bertz CT molecular complexity index is 342. The number of hydrazone groups is 1. The Kier molecular flexibility index (Phi) is 3.66. The minimum atomic E-state index is -0.632. The summed E-state index contributed by atoms with van der Waals surface area (Å²) in [4.78, 5) is 10.5. The molecule has 0 saturated heterocycles. The van der Waals surface area contributed by atoms with E-state index in [-0.39, 0.29) is 0 Å². The monoisotopic (exact) mass is 207 g/mol. The number of hydrogen-bond acceptors (Lipinski definition) is 2. The van der Waals surface area contributed by atoms with E-state index >= 15 is 0 Å². The van der Waals surface area contributed by atoms with Crippen molar-refractivity contribution in [3.05, 3.63) is 23.8 Å². The summed E-state index contributed by atoms with van der Waals surface area (Å²) in [6.07, 6.45) is 3.93. The van der Waals surface area contributed by atoms with Gasteiger partial charge in [-0.1, -0.05) is 18.2 Å². The van der Waals surface area contributed by atoms with Gasteiger partial charge in [-0.2, -0.15) is 5.10 Å². The van der Waals surface area contributed by atoms with E-state index in [2.05, 4.69) is 23.2 Å². The Morgan fingerprint density at radius 3 is 2.93 bits per heavy atom. The average Bonchev–Trinajstić information content (AvgIpc) is 2.16. The van der Waals surface area contributed by atoms with Gasteiger partial charge in [0, 0.05) is 0 Å². The van der Waals surface area contributed by atoms with Crippen LogP contribution in [0.1, 0.15) is 26.7 Å². The van der Waals surface area contributed by atoms with Crippen LogP contribution in [0.3, 0.4) is 0 Å². The van der Waals surface area contributed by atoms with Gasteiger partial charge in [-0.25, -0.2) is 10.2 Å². The molecular formula is C11H17N3O. The quantitative estimate of drug-likeness (QED) is 0.527. The molecule has 2 amide bonds. The van der Waals surface area contributed by atoms with Gasteiger partial charge < -0.3 is 5.73 Å². The fourth-order valence-electron chi connectivity index (χ4n) is 1.55. The van der Waals surface area contributed by atoms with Gasteiger partial charge in [-0.05, 0) is 38.2 Å². The lowest BCUT2D eigenvalue weighted by Gasteiger charge is -2.22. The van der Waals surface area contributed by atoms with Crippen molar-refractivity contribution in [1.82, 2.24) is 5.43 Å². The average molecular weight is 207 g/mol. The summed E-state index contributed by atoms with van der Waals surface area (Å²) in [5.74, 6) is 0.419. The second-order valence-corrected chi connectivity index (χ2v) is 3.90. The van der Waals surface area contributed by atoms with Crippen molar-refractivity contribution in [3.8, 4) is 0 Å². The van der Waals surface area contributed by atoms with Crippen LogP contribution < -0.4 is 11.2 Å². The summed E-state index contributed by atoms with van der Waals surface area (Å²) in [5, 5.41) is 3.98. The van der Waals surface area contributed by atoms with Gasteiger partial charge in [-0.3, -0.25) is 0 Å². The number of primary amides is 1. The van der Waals surface area contributed by atoms with Crippen molar-refractivity contribution in [3.63, 3.8) is 0 Å². The number of rotatable bonds is 2. The fourth-order valence-corrected chi connectivity index (χ4v) is 1.55. The van der Waals surface area contributed by atoms with Gasteiger partial charge in [0.25, 0.3) is 0 Å². The first-order valence-electron chi connectivity index (χ1n) is 4.95. The molecule has 0 aromatic heterocycles. The number of nitrogens with one attached hydrogen (secondary N) is 1. The maximum Gasteiger partial charge on any atom is 0.332 e. The number of carbonyl (C=O) groups is 1. The Hall–Kier alpha value is -1.58. The molecule has 0 fully saturated rings. The van der Waals surface area contributed by atoms with Crippen LogP contribution in [0.2, 0.25) is 0 Å². The minimum absolute atomic E-state index is 0.419. The number of urea groups is 1. The third-order valence-electron chi connectivity index (χ3n) is 2.60. The Morgan fingerprint density at radius 2 is 2.40 bits per heavy atom. The molecule has 1 rings (SSSR count). The molecule has 4 heteroatoms. The van der Waals surface area contributed by atoms with Gasteiger partial charge in [0.05, 0.1) is 5.71 Å². The Balaban J connectivity index is 2.75. The molecular weight excluding hydrogens is 190 g/mol. The lowest BCUT2D eigenvalue weighted by molar-refractivity contribution is 0.249. The molecule has 1 aliphatic carbocycles. The zero-order valence-electron chi connectivity index (χ0n) is 9.21. The lowest BCUT2D eigenvalue weighted by atomic mass is 9.85. The zero-order valence-corrected chi connectivity index (χ0v) is 9.21. The van der Waals surface area contributed by atoms with E-state index in [0.29, 0.717) is 5.92 Å². The summed E-state index contributed by atoms with van der Waals surface area (Å²) < 4.78 is 0. The van der Waals surface area contributed by atoms with Gasteiger partial charge in [0.15, 0.2) is 0 Å². The molecule has 15 heavy (non-hydrogen) atoms. The van der Waals surface area contributed by atoms with Crippen molar-refractivity contribution < 1.29 is 4.79 Å². The number of hydrogen-bond donors (Lipinski definition) is 2. The second kappa shape index (κ2) is 4.77. The van der Waals surface area contributed by atoms with Crippen LogP contribution in [-0.2, 0) is 0 Å². The Labute approximate surface area is 89.9 Å². The van der Waals surface area contributed by atoms with Crippen LogP contribution in [0.25, 0.3) is 0 Å². The van der Waals surface area contributed by atoms with Crippen molar-refractivity contribution in [2.24, 2.45) is 16.8 Å². The van der Waals surface area contributed by atoms with E-state index in [4.69, 9.17) is 5.73 Å².